The summed E-state index contributed by atoms with van der Waals surface area (Å²) in [6.45, 7) is 0.328. The molecule has 0 aliphatic heterocycles. The summed E-state index contributed by atoms with van der Waals surface area (Å²) in [7, 11) is -3.87. The summed E-state index contributed by atoms with van der Waals surface area (Å²) in [5.41, 5.74) is 1.14. The molecule has 0 unspecified atom stereocenters. The molecule has 0 spiro atoms. The number of carbonyl (C=O) groups is 1. The van der Waals surface area contributed by atoms with E-state index in [4.69, 9.17) is 27.9 Å². The summed E-state index contributed by atoms with van der Waals surface area (Å²) in [5, 5.41) is 5.12. The maximum absolute atomic E-state index is 14.7. The fourth-order valence-corrected chi connectivity index (χ4v) is 4.14. The van der Waals surface area contributed by atoms with Crippen LogP contribution in [0.2, 0.25) is 10.0 Å². The van der Waals surface area contributed by atoms with Crippen LogP contribution in [-0.2, 0) is 16.6 Å². The lowest BCUT2D eigenvalue weighted by molar-refractivity contribution is 0.0978. The Labute approximate surface area is 198 Å². The topological polar surface area (TPSA) is 90.3 Å². The molecule has 0 bridgehead atoms. The first-order valence-corrected chi connectivity index (χ1v) is 12.1. The molecule has 4 aromatic rings. The largest absolute Gasteiger partial charge is 0.487 e. The van der Waals surface area contributed by atoms with Crippen molar-refractivity contribution in [2.75, 3.05) is 6.26 Å². The lowest BCUT2D eigenvalue weighted by Crippen LogP contribution is -2.30. The number of ether oxygens (including phenoxy) is 1. The minimum Gasteiger partial charge on any atom is -0.487 e. The number of sulfonamides is 1. The highest BCUT2D eigenvalue weighted by atomic mass is 35.5. The van der Waals surface area contributed by atoms with Gasteiger partial charge in [-0.15, -0.1) is 0 Å². The van der Waals surface area contributed by atoms with Crippen LogP contribution in [0.5, 0.6) is 5.75 Å². The molecule has 0 atom stereocenters. The second-order valence-electron chi connectivity index (χ2n) is 7.13. The van der Waals surface area contributed by atoms with E-state index in [0.29, 0.717) is 28.3 Å². The Balaban J connectivity index is 1.67. The summed E-state index contributed by atoms with van der Waals surface area (Å²) in [6.07, 6.45) is 2.28. The molecule has 1 heterocycles. The molecule has 0 radical (unpaired) electrons. The fraction of sp³-hybridized carbons (Fsp3) is 0.0909. The van der Waals surface area contributed by atoms with Gasteiger partial charge in [-0.25, -0.2) is 22.2 Å². The summed E-state index contributed by atoms with van der Waals surface area (Å²) < 4.78 is 46.1. The molecule has 4 rings (SSSR count). The van der Waals surface area contributed by atoms with Crippen LogP contribution >= 0.6 is 23.2 Å². The Bertz CT molecular complexity index is 1470. The van der Waals surface area contributed by atoms with Crippen molar-refractivity contribution in [2.45, 2.75) is 6.61 Å². The molecule has 7 nitrogen and oxygen atoms in total. The number of hydrogen-bond donors (Lipinski definition) is 1. The van der Waals surface area contributed by atoms with E-state index < -0.39 is 27.3 Å². The van der Waals surface area contributed by atoms with Gasteiger partial charge in [0.1, 0.15) is 18.2 Å². The van der Waals surface area contributed by atoms with Crippen molar-refractivity contribution in [1.82, 2.24) is 14.5 Å². The van der Waals surface area contributed by atoms with Crippen LogP contribution in [0.25, 0.3) is 16.6 Å². The van der Waals surface area contributed by atoms with Gasteiger partial charge >= 0.3 is 0 Å². The molecular formula is C22H16Cl2FN3O4S. The van der Waals surface area contributed by atoms with E-state index in [-0.39, 0.29) is 10.7 Å². The van der Waals surface area contributed by atoms with Crippen LogP contribution in [0.4, 0.5) is 4.39 Å². The fourth-order valence-electron chi connectivity index (χ4n) is 3.18. The lowest BCUT2D eigenvalue weighted by atomic mass is 10.1. The van der Waals surface area contributed by atoms with Crippen molar-refractivity contribution in [3.8, 4) is 11.4 Å². The van der Waals surface area contributed by atoms with Crippen LogP contribution in [0.3, 0.4) is 0 Å². The van der Waals surface area contributed by atoms with Gasteiger partial charge in [0.2, 0.25) is 10.0 Å². The monoisotopic (exact) mass is 507 g/mol. The maximum atomic E-state index is 14.7. The average molecular weight is 508 g/mol. The predicted molar refractivity (Wildman–Crippen MR) is 124 cm³/mol. The van der Waals surface area contributed by atoms with Crippen molar-refractivity contribution < 1.29 is 22.3 Å². The van der Waals surface area contributed by atoms with Gasteiger partial charge in [0.05, 0.1) is 39.3 Å². The van der Waals surface area contributed by atoms with E-state index in [1.807, 2.05) is 30.3 Å². The Morgan fingerprint density at radius 3 is 2.58 bits per heavy atom. The third-order valence-corrected chi connectivity index (χ3v) is 5.93. The van der Waals surface area contributed by atoms with Gasteiger partial charge in [-0.1, -0.05) is 53.5 Å². The minimum atomic E-state index is -3.87. The van der Waals surface area contributed by atoms with Gasteiger partial charge in [0, 0.05) is 11.5 Å². The van der Waals surface area contributed by atoms with E-state index in [0.717, 1.165) is 24.0 Å². The highest BCUT2D eigenvalue weighted by Crippen LogP contribution is 2.35. The molecule has 0 aliphatic carbocycles. The SMILES string of the molecule is CS(=O)(=O)NC(=O)c1cc(Cl)c(-n2ncc3c(Cl)c(OCc4ccccc4)ccc32)cc1F. The smallest absolute Gasteiger partial charge is 0.267 e. The number of amides is 1. The Hall–Kier alpha value is -3.14. The predicted octanol–water partition coefficient (Wildman–Crippen LogP) is 4.74. The summed E-state index contributed by atoms with van der Waals surface area (Å²) in [4.78, 5) is 12.0. The summed E-state index contributed by atoms with van der Waals surface area (Å²) in [5.74, 6) is -1.64. The van der Waals surface area contributed by atoms with E-state index in [9.17, 15) is 17.6 Å². The zero-order valence-electron chi connectivity index (χ0n) is 17.1. The van der Waals surface area contributed by atoms with Crippen LogP contribution < -0.4 is 9.46 Å². The van der Waals surface area contributed by atoms with Crippen molar-refractivity contribution in [3.63, 3.8) is 0 Å². The molecule has 1 N–H and O–H groups in total. The average Bonchev–Trinajstić information content (AvgIpc) is 3.19. The quantitative estimate of drug-likeness (QED) is 0.407. The zero-order chi connectivity index (χ0) is 23.8. The van der Waals surface area contributed by atoms with Gasteiger partial charge in [0.15, 0.2) is 0 Å². The molecule has 33 heavy (non-hydrogen) atoms. The second kappa shape index (κ2) is 9.01. The summed E-state index contributed by atoms with van der Waals surface area (Å²) in [6, 6.07) is 15.0. The van der Waals surface area contributed by atoms with Crippen molar-refractivity contribution in [2.24, 2.45) is 0 Å². The number of halogens is 3. The van der Waals surface area contributed by atoms with Gasteiger partial charge < -0.3 is 4.74 Å². The first kappa shape index (κ1) is 23.0. The molecule has 1 amide bonds. The number of carbonyl (C=O) groups excluding carboxylic acids is 1. The first-order chi connectivity index (χ1) is 15.6. The summed E-state index contributed by atoms with van der Waals surface area (Å²) >= 11 is 12.8. The number of nitrogens with zero attached hydrogens (tertiary/aromatic N) is 2. The molecule has 11 heteroatoms. The van der Waals surface area contributed by atoms with Crippen molar-refractivity contribution in [3.05, 3.63) is 87.8 Å². The molecule has 170 valence electrons. The van der Waals surface area contributed by atoms with Gasteiger partial charge in [-0.2, -0.15) is 5.10 Å². The second-order valence-corrected chi connectivity index (χ2v) is 9.66. The molecule has 0 aliphatic rings. The third kappa shape index (κ3) is 4.95. The van der Waals surface area contributed by atoms with Gasteiger partial charge in [0.25, 0.3) is 5.91 Å². The number of hydrogen-bond acceptors (Lipinski definition) is 5. The van der Waals surface area contributed by atoms with Gasteiger partial charge in [-0.3, -0.25) is 4.79 Å². The Morgan fingerprint density at radius 2 is 1.88 bits per heavy atom. The number of aromatic nitrogens is 2. The molecule has 0 saturated heterocycles. The lowest BCUT2D eigenvalue weighted by Gasteiger charge is -2.11. The normalized spacial score (nSPS) is 11.5. The van der Waals surface area contributed by atoms with Crippen LogP contribution in [0, 0.1) is 5.82 Å². The molecule has 3 aromatic carbocycles. The highest BCUT2D eigenvalue weighted by Gasteiger charge is 2.20. The number of fused-ring (bicyclic) bond motifs is 1. The van der Waals surface area contributed by atoms with Gasteiger partial charge in [-0.05, 0) is 23.8 Å². The van der Waals surface area contributed by atoms with Crippen LogP contribution in [0.15, 0.2) is 60.8 Å². The third-order valence-electron chi connectivity index (χ3n) is 4.68. The first-order valence-electron chi connectivity index (χ1n) is 9.48. The van der Waals surface area contributed by atoms with Crippen LogP contribution in [-0.4, -0.2) is 30.4 Å². The van der Waals surface area contributed by atoms with E-state index in [2.05, 4.69) is 5.10 Å². The van der Waals surface area contributed by atoms with E-state index in [1.165, 1.54) is 10.9 Å². The van der Waals surface area contributed by atoms with Crippen molar-refractivity contribution in [1.29, 1.82) is 0 Å². The Morgan fingerprint density at radius 1 is 1.15 bits per heavy atom. The van der Waals surface area contributed by atoms with E-state index in [1.54, 1.807) is 16.9 Å². The number of rotatable bonds is 6. The Kier molecular flexibility index (Phi) is 6.29. The maximum Gasteiger partial charge on any atom is 0.267 e. The molecular weight excluding hydrogens is 492 g/mol. The number of benzene rings is 3. The van der Waals surface area contributed by atoms with Crippen molar-refractivity contribution >= 4 is 50.0 Å². The van der Waals surface area contributed by atoms with Crippen LogP contribution in [0.1, 0.15) is 15.9 Å². The molecule has 1 aromatic heterocycles. The zero-order valence-corrected chi connectivity index (χ0v) is 19.4. The minimum absolute atomic E-state index is 0.0134. The number of nitrogens with one attached hydrogen (secondary N) is 1. The molecule has 0 fully saturated rings. The standard InChI is InChI=1S/C22H16Cl2FN3O4S/c1-33(30,31)27-22(29)14-9-16(23)19(10-17(14)25)28-18-7-8-20(21(24)15(18)11-26-28)32-12-13-5-3-2-4-6-13/h2-11H,12H2,1H3,(H,27,29). The molecule has 0 saturated carbocycles. The van der Waals surface area contributed by atoms with E-state index >= 15 is 0 Å². The highest BCUT2D eigenvalue weighted by molar-refractivity contribution is 7.89.